The maximum atomic E-state index is 13.6. The van der Waals surface area contributed by atoms with Crippen molar-refractivity contribution in [1.82, 2.24) is 13.9 Å². The van der Waals surface area contributed by atoms with Crippen molar-refractivity contribution in [2.24, 2.45) is 13.0 Å². The van der Waals surface area contributed by atoms with Crippen molar-refractivity contribution in [3.05, 3.63) is 64.2 Å². The molecule has 0 spiro atoms. The fourth-order valence-electron chi connectivity index (χ4n) is 4.40. The largest absolute Gasteiger partial charge is 0.489 e. The number of rotatable bonds is 12. The van der Waals surface area contributed by atoms with Gasteiger partial charge in [0, 0.05) is 43.7 Å². The number of ether oxygens (including phenoxy) is 3. The summed E-state index contributed by atoms with van der Waals surface area (Å²) >= 11 is 13.9. The fraction of sp³-hybridized carbons (Fsp3) is 0.423. The highest BCUT2D eigenvalue weighted by Gasteiger charge is 2.43. The topological polar surface area (TPSA) is 114 Å². The zero-order valence-corrected chi connectivity index (χ0v) is 25.4. The van der Waals surface area contributed by atoms with Crippen molar-refractivity contribution < 1.29 is 41.2 Å². The Hall–Kier alpha value is -2.65. The second kappa shape index (κ2) is 12.9. The van der Waals surface area contributed by atoms with Gasteiger partial charge in [0.15, 0.2) is 29.3 Å². The van der Waals surface area contributed by atoms with Gasteiger partial charge in [-0.2, -0.15) is 13.1 Å². The number of nitrogens with one attached hydrogen (secondary N) is 1. The average Bonchev–Trinajstić information content (AvgIpc) is 3.42. The number of aromatic amines is 1. The van der Waals surface area contributed by atoms with Gasteiger partial charge >= 0.3 is 12.6 Å². The molecule has 3 heterocycles. The number of esters is 1. The summed E-state index contributed by atoms with van der Waals surface area (Å²) in [5, 5.41) is -0.830. The lowest BCUT2D eigenvalue weighted by atomic mass is 10.0. The van der Waals surface area contributed by atoms with E-state index in [0.717, 1.165) is 28.9 Å². The van der Waals surface area contributed by atoms with Crippen LogP contribution < -0.4 is 14.5 Å². The molecule has 0 amide bonds. The zero-order valence-electron chi connectivity index (χ0n) is 22.2. The lowest BCUT2D eigenvalue weighted by Gasteiger charge is -2.25. The predicted octanol–water partition coefficient (Wildman–Crippen LogP) is 4.52. The van der Waals surface area contributed by atoms with Crippen LogP contribution in [0.5, 0.6) is 11.5 Å². The van der Waals surface area contributed by atoms with E-state index < -0.39 is 34.1 Å². The van der Waals surface area contributed by atoms with Crippen LogP contribution in [0.1, 0.15) is 30.1 Å². The second-order valence-electron chi connectivity index (χ2n) is 9.76. The molecule has 1 unspecified atom stereocenters. The molecule has 3 aromatic rings. The Morgan fingerprint density at radius 2 is 1.95 bits per heavy atom. The second-order valence-corrected chi connectivity index (χ2v) is 13.5. The lowest BCUT2D eigenvalue weighted by molar-refractivity contribution is -0.377. The molecular formula is C26H27Cl2F2N4O6S2+. The quantitative estimate of drug-likeness (QED) is 0.260. The molecule has 2 aliphatic rings. The minimum absolute atomic E-state index is 0.00128. The summed E-state index contributed by atoms with van der Waals surface area (Å²) in [4.78, 5) is 20.4. The number of aromatic nitrogens is 3. The van der Waals surface area contributed by atoms with Crippen LogP contribution >= 0.6 is 35.0 Å². The molecule has 1 saturated heterocycles. The first kappa shape index (κ1) is 30.8. The van der Waals surface area contributed by atoms with E-state index in [4.69, 9.17) is 32.7 Å². The number of carbonyl (C=O) groups is 1. The number of alkyl halides is 2. The number of hydrogen-bond donors (Lipinski definition) is 0. The third kappa shape index (κ3) is 6.94. The van der Waals surface area contributed by atoms with Crippen LogP contribution in [-0.2, 0) is 33.0 Å². The molecule has 16 heteroatoms. The minimum Gasteiger partial charge on any atom is -0.489 e. The Morgan fingerprint density at radius 1 is 1.21 bits per heavy atom. The first-order valence-electron chi connectivity index (χ1n) is 12.9. The van der Waals surface area contributed by atoms with Gasteiger partial charge in [-0.25, -0.2) is 23.2 Å². The Balaban J connectivity index is 1.46. The number of nitrogens with zero attached hydrogens (tertiary/aromatic N) is 3. The van der Waals surface area contributed by atoms with E-state index >= 15 is 0 Å². The van der Waals surface area contributed by atoms with Crippen LogP contribution in [0, 0.1) is 5.92 Å². The number of H-pyrrole nitrogens is 1. The predicted molar refractivity (Wildman–Crippen MR) is 150 cm³/mol. The molecule has 42 heavy (non-hydrogen) atoms. The number of imidazole rings is 1. The Bertz CT molecular complexity index is 1540. The van der Waals surface area contributed by atoms with Gasteiger partial charge < -0.3 is 18.8 Å². The van der Waals surface area contributed by atoms with Crippen molar-refractivity contribution >= 4 is 51.0 Å². The molecule has 10 nitrogen and oxygen atoms in total. The normalized spacial score (nSPS) is 18.3. The number of pyridine rings is 1. The summed E-state index contributed by atoms with van der Waals surface area (Å²) in [5.74, 6) is -0.231. The van der Waals surface area contributed by atoms with Gasteiger partial charge in [-0.1, -0.05) is 29.3 Å². The SMILES string of the molecule is Cn1ccnc1S(=O)(=O)N1CCSC1C(=O)O[C@@H](Cc1c(Cl)c[nH+]cc1Cl)c1ccc(OC(F)F)c(OCC2CC2)c1. The molecule has 1 saturated carbocycles. The smallest absolute Gasteiger partial charge is 0.387 e. The average molecular weight is 665 g/mol. The summed E-state index contributed by atoms with van der Waals surface area (Å²) in [6.45, 7) is -2.68. The van der Waals surface area contributed by atoms with E-state index in [1.54, 1.807) is 7.05 Å². The third-order valence-electron chi connectivity index (χ3n) is 6.74. The summed E-state index contributed by atoms with van der Waals surface area (Å²) in [5.41, 5.74) is 0.844. The molecule has 1 N–H and O–H groups in total. The number of benzene rings is 1. The summed E-state index contributed by atoms with van der Waals surface area (Å²) in [6, 6.07) is 4.26. The highest BCUT2D eigenvalue weighted by Crippen LogP contribution is 2.39. The van der Waals surface area contributed by atoms with Gasteiger partial charge in [0.2, 0.25) is 5.16 Å². The molecule has 5 rings (SSSR count). The maximum Gasteiger partial charge on any atom is 0.387 e. The summed E-state index contributed by atoms with van der Waals surface area (Å²) in [6.07, 6.45) is 6.78. The van der Waals surface area contributed by atoms with Gasteiger partial charge in [0.25, 0.3) is 10.0 Å². The number of aryl methyl sites for hydroxylation is 1. The zero-order chi connectivity index (χ0) is 30.0. The van der Waals surface area contributed by atoms with Gasteiger partial charge in [-0.05, 0) is 36.5 Å². The minimum atomic E-state index is -4.12. The van der Waals surface area contributed by atoms with Crippen molar-refractivity contribution in [3.8, 4) is 11.5 Å². The van der Waals surface area contributed by atoms with E-state index in [1.807, 2.05) is 0 Å². The van der Waals surface area contributed by atoms with E-state index in [0.29, 0.717) is 29.4 Å². The molecule has 1 aliphatic heterocycles. The van der Waals surface area contributed by atoms with Gasteiger partial charge in [0.05, 0.1) is 6.61 Å². The fourth-order valence-corrected chi connectivity index (χ4v) is 8.06. The first-order valence-corrected chi connectivity index (χ1v) is 16.2. The lowest BCUT2D eigenvalue weighted by Crippen LogP contribution is -2.41. The molecule has 2 fully saturated rings. The van der Waals surface area contributed by atoms with Crippen LogP contribution in [0.3, 0.4) is 0 Å². The molecule has 1 aliphatic carbocycles. The van der Waals surface area contributed by atoms with Crippen LogP contribution in [0.2, 0.25) is 10.0 Å². The van der Waals surface area contributed by atoms with Crippen LogP contribution in [0.15, 0.2) is 48.1 Å². The van der Waals surface area contributed by atoms with E-state index in [9.17, 15) is 22.0 Å². The highest BCUT2D eigenvalue weighted by atomic mass is 35.5. The number of hydrogen-bond acceptors (Lipinski definition) is 8. The number of halogens is 4. The molecule has 2 atom stereocenters. The Morgan fingerprint density at radius 3 is 2.60 bits per heavy atom. The third-order valence-corrected chi connectivity index (χ3v) is 10.6. The molecule has 226 valence electrons. The monoisotopic (exact) mass is 663 g/mol. The molecular weight excluding hydrogens is 637 g/mol. The van der Waals surface area contributed by atoms with Crippen LogP contribution in [-0.4, -0.2) is 59.1 Å². The Kier molecular flexibility index (Phi) is 9.47. The number of carbonyl (C=O) groups excluding carboxylic acids is 1. The van der Waals surface area contributed by atoms with E-state index in [2.05, 4.69) is 14.7 Å². The van der Waals surface area contributed by atoms with Crippen LogP contribution in [0.25, 0.3) is 0 Å². The molecule has 2 aromatic heterocycles. The van der Waals surface area contributed by atoms with Crippen molar-refractivity contribution in [1.29, 1.82) is 0 Å². The molecule has 1 aromatic carbocycles. The maximum absolute atomic E-state index is 13.6. The van der Waals surface area contributed by atoms with Gasteiger partial charge in [0.1, 0.15) is 16.1 Å². The molecule has 0 bridgehead atoms. The van der Waals surface area contributed by atoms with E-state index in [-0.39, 0.29) is 39.7 Å². The van der Waals surface area contributed by atoms with Crippen molar-refractivity contribution in [3.63, 3.8) is 0 Å². The van der Waals surface area contributed by atoms with Crippen LogP contribution in [0.4, 0.5) is 8.78 Å². The van der Waals surface area contributed by atoms with E-state index in [1.165, 1.54) is 47.6 Å². The summed E-state index contributed by atoms with van der Waals surface area (Å²) < 4.78 is 71.8. The Labute approximate surface area is 255 Å². The highest BCUT2D eigenvalue weighted by molar-refractivity contribution is 8.02. The summed E-state index contributed by atoms with van der Waals surface area (Å²) in [7, 11) is -2.57. The van der Waals surface area contributed by atoms with Crippen molar-refractivity contribution in [2.75, 3.05) is 18.9 Å². The van der Waals surface area contributed by atoms with Gasteiger partial charge in [-0.3, -0.25) is 0 Å². The molecule has 0 radical (unpaired) electrons. The van der Waals surface area contributed by atoms with Gasteiger partial charge in [-0.15, -0.1) is 11.8 Å². The standard InChI is InChI=1S/C26H26Cl2F2N4O6S2/c1-33-7-6-32-26(33)42(36,37)34-8-9-41-23(34)24(35)39-21(11-17-18(27)12-31-13-19(17)28)16-4-5-20(40-25(29)30)22(10-16)38-14-15-2-3-15/h4-7,10,12-13,15,21,23,25H,2-3,8-9,11,14H2,1H3/p+1/t21-,23?/m0/s1. The first-order chi connectivity index (χ1) is 20.0. The van der Waals surface area contributed by atoms with Crippen molar-refractivity contribution in [2.45, 2.75) is 42.5 Å². The number of sulfonamides is 1. The number of thioether (sulfide) groups is 1.